The van der Waals surface area contributed by atoms with Gasteiger partial charge >= 0.3 is 0 Å². The molecule has 0 saturated carbocycles. The minimum atomic E-state index is -0.849. The van der Waals surface area contributed by atoms with Crippen LogP contribution in [0.15, 0.2) is 60.7 Å². The van der Waals surface area contributed by atoms with Crippen molar-refractivity contribution in [2.75, 3.05) is 36.0 Å². The molecule has 68 heavy (non-hydrogen) atoms. The number of nitrogens with one attached hydrogen (secondary N) is 3. The molecule has 7 rings (SSSR count). The SMILES string of the molecule is CC(Oc1cc(C(=O)Nc2ccc(C(=O)N3C[C@@H](C)N(C(=O)CCCCCCCCCNc4cccc5c4CN(C4CCC(=O)NC4=O)C5=O)[C@@H](C)C3)cc2)nnc1N)c1c(Cl)ccc(F)c1Cl. The van der Waals surface area contributed by atoms with E-state index >= 15 is 0 Å². The number of fused-ring (bicyclic) bond motifs is 1. The van der Waals surface area contributed by atoms with Crippen molar-refractivity contribution in [2.45, 2.75) is 116 Å². The molecule has 5 N–H and O–H groups in total. The number of benzene rings is 3. The van der Waals surface area contributed by atoms with E-state index in [0.29, 0.717) is 49.3 Å². The number of rotatable bonds is 18. The molecule has 3 aromatic carbocycles. The van der Waals surface area contributed by atoms with E-state index in [1.54, 1.807) is 47.1 Å². The summed E-state index contributed by atoms with van der Waals surface area (Å²) in [6.45, 7) is 7.41. The Hall–Kier alpha value is -6.33. The van der Waals surface area contributed by atoms with Gasteiger partial charge in [0.25, 0.3) is 17.7 Å². The maximum atomic E-state index is 14.1. The third-order valence-electron chi connectivity index (χ3n) is 12.7. The summed E-state index contributed by atoms with van der Waals surface area (Å²) in [4.78, 5) is 82.5. The van der Waals surface area contributed by atoms with Crippen LogP contribution in [0, 0.1) is 5.82 Å². The van der Waals surface area contributed by atoms with Gasteiger partial charge in [-0.25, -0.2) is 4.39 Å². The number of ether oxygens (including phenoxy) is 1. The second-order valence-corrected chi connectivity index (χ2v) is 18.4. The molecule has 0 radical (unpaired) electrons. The van der Waals surface area contributed by atoms with Gasteiger partial charge in [-0.05, 0) is 88.6 Å². The predicted octanol–water partition coefficient (Wildman–Crippen LogP) is 7.95. The van der Waals surface area contributed by atoms with Crippen LogP contribution in [0.2, 0.25) is 10.0 Å². The number of hydrogen-bond acceptors (Lipinski definition) is 11. The Morgan fingerprint density at radius 2 is 1.62 bits per heavy atom. The average molecular weight is 973 g/mol. The number of hydrogen-bond donors (Lipinski definition) is 4. The van der Waals surface area contributed by atoms with Crippen molar-refractivity contribution in [3.05, 3.63) is 104 Å². The minimum absolute atomic E-state index is 0.0174. The Morgan fingerprint density at radius 1 is 0.926 bits per heavy atom. The van der Waals surface area contributed by atoms with Gasteiger partial charge in [-0.3, -0.25) is 34.1 Å². The largest absolute Gasteiger partial charge is 0.482 e. The van der Waals surface area contributed by atoms with E-state index in [-0.39, 0.29) is 75.0 Å². The number of nitrogens with two attached hydrogens (primary N) is 1. The first-order valence-electron chi connectivity index (χ1n) is 23.1. The minimum Gasteiger partial charge on any atom is -0.482 e. The van der Waals surface area contributed by atoms with Crippen molar-refractivity contribution in [3.63, 3.8) is 0 Å². The predicted molar refractivity (Wildman–Crippen MR) is 256 cm³/mol. The molecular weight excluding hydrogens is 916 g/mol. The molecule has 4 heterocycles. The van der Waals surface area contributed by atoms with Crippen LogP contribution in [0.1, 0.15) is 133 Å². The number of aromatic nitrogens is 2. The third-order valence-corrected chi connectivity index (χ3v) is 13.4. The first-order valence-corrected chi connectivity index (χ1v) is 23.8. The molecule has 3 aliphatic heterocycles. The second kappa shape index (κ2) is 22.2. The van der Waals surface area contributed by atoms with E-state index in [0.717, 1.165) is 68.8 Å². The van der Waals surface area contributed by atoms with Gasteiger partial charge in [0, 0.05) is 95.8 Å². The summed E-state index contributed by atoms with van der Waals surface area (Å²) in [5, 5.41) is 16.3. The highest BCUT2D eigenvalue weighted by molar-refractivity contribution is 6.36. The summed E-state index contributed by atoms with van der Waals surface area (Å²) in [6, 6.07) is 14.9. The van der Waals surface area contributed by atoms with Crippen molar-refractivity contribution >= 4 is 75.8 Å². The Kier molecular flexibility index (Phi) is 16.2. The molecule has 6 amide bonds. The zero-order valence-electron chi connectivity index (χ0n) is 38.3. The molecule has 19 heteroatoms. The molecule has 0 bridgehead atoms. The van der Waals surface area contributed by atoms with E-state index in [1.807, 2.05) is 30.9 Å². The topological polar surface area (TPSA) is 209 Å². The monoisotopic (exact) mass is 971 g/mol. The van der Waals surface area contributed by atoms with E-state index in [9.17, 15) is 33.2 Å². The molecule has 0 spiro atoms. The fourth-order valence-corrected chi connectivity index (χ4v) is 9.87. The van der Waals surface area contributed by atoms with E-state index in [1.165, 1.54) is 12.1 Å². The number of unbranched alkanes of at least 4 members (excludes halogenated alkanes) is 6. The normalized spacial score (nSPS) is 18.5. The molecular formula is C49H56Cl2FN9O7. The standard InChI is InChI=1S/C49H56Cl2FN9O7/c1-28-25-59(48(66)31-15-17-32(18-16-31)55-46(64)38-24-40(45(53)58-57-38)68-30(3)43-35(50)19-20-36(52)44(43)51)26-29(2)61(28)42(63)14-9-7-5-4-6-8-10-23-54-37-13-11-12-33-34(37)27-60(49(33)67)39-21-22-41(62)56-47(39)65/h11-13,15-20,24,28-30,39,54H,4-10,14,21-23,25-27H2,1-3H3,(H2,53,58)(H,55,64)(H,56,62,65)/t28-,29+,30?,39?. The van der Waals surface area contributed by atoms with Crippen LogP contribution in [0.4, 0.5) is 21.6 Å². The van der Waals surface area contributed by atoms with Crippen molar-refractivity contribution in [1.82, 2.24) is 30.2 Å². The maximum absolute atomic E-state index is 14.1. The fourth-order valence-electron chi connectivity index (χ4n) is 9.20. The average Bonchev–Trinajstić information content (AvgIpc) is 3.64. The number of nitrogens with zero attached hydrogens (tertiary/aromatic N) is 5. The number of carbonyl (C=O) groups excluding carboxylic acids is 6. The molecule has 1 aromatic heterocycles. The van der Waals surface area contributed by atoms with Crippen LogP contribution in [-0.4, -0.2) is 98.1 Å². The Bertz CT molecular complexity index is 2550. The lowest BCUT2D eigenvalue weighted by molar-refractivity contribution is -0.139. The van der Waals surface area contributed by atoms with Crippen molar-refractivity contribution in [1.29, 1.82) is 0 Å². The Morgan fingerprint density at radius 3 is 2.32 bits per heavy atom. The number of imide groups is 1. The van der Waals surface area contributed by atoms with Crippen LogP contribution < -0.4 is 26.4 Å². The zero-order valence-corrected chi connectivity index (χ0v) is 39.8. The molecule has 4 aromatic rings. The van der Waals surface area contributed by atoms with Gasteiger partial charge in [-0.15, -0.1) is 10.2 Å². The van der Waals surface area contributed by atoms with Gasteiger partial charge in [0.2, 0.25) is 17.7 Å². The van der Waals surface area contributed by atoms with Crippen LogP contribution in [0.5, 0.6) is 5.75 Å². The van der Waals surface area contributed by atoms with Crippen LogP contribution in [-0.2, 0) is 20.9 Å². The molecule has 2 fully saturated rings. The lowest BCUT2D eigenvalue weighted by Crippen LogP contribution is -2.59. The lowest BCUT2D eigenvalue weighted by Gasteiger charge is -2.44. The summed E-state index contributed by atoms with van der Waals surface area (Å²) >= 11 is 12.4. The molecule has 3 aliphatic rings. The third kappa shape index (κ3) is 11.5. The van der Waals surface area contributed by atoms with E-state index in [4.69, 9.17) is 33.7 Å². The summed E-state index contributed by atoms with van der Waals surface area (Å²) < 4.78 is 20.0. The van der Waals surface area contributed by atoms with Crippen LogP contribution >= 0.6 is 23.2 Å². The van der Waals surface area contributed by atoms with Gasteiger partial charge in [0.05, 0.1) is 5.02 Å². The first-order chi connectivity index (χ1) is 32.6. The summed E-state index contributed by atoms with van der Waals surface area (Å²) in [6.07, 6.45) is 7.13. The lowest BCUT2D eigenvalue weighted by atomic mass is 10.0. The summed E-state index contributed by atoms with van der Waals surface area (Å²) in [7, 11) is 0. The first kappa shape index (κ1) is 49.6. The smallest absolute Gasteiger partial charge is 0.276 e. The van der Waals surface area contributed by atoms with E-state index in [2.05, 4.69) is 26.1 Å². The quantitative estimate of drug-likeness (QED) is 0.0427. The highest BCUT2D eigenvalue weighted by Gasteiger charge is 2.40. The van der Waals surface area contributed by atoms with Crippen molar-refractivity contribution < 1.29 is 37.9 Å². The number of piperidine rings is 1. The zero-order chi connectivity index (χ0) is 48.6. The second-order valence-electron chi connectivity index (χ2n) is 17.6. The van der Waals surface area contributed by atoms with Crippen LogP contribution in [0.3, 0.4) is 0 Å². The number of carbonyl (C=O) groups is 6. The van der Waals surface area contributed by atoms with Crippen molar-refractivity contribution in [2.24, 2.45) is 0 Å². The Balaban J connectivity index is 0.786. The maximum Gasteiger partial charge on any atom is 0.276 e. The highest BCUT2D eigenvalue weighted by atomic mass is 35.5. The van der Waals surface area contributed by atoms with Gasteiger partial charge < -0.3 is 35.8 Å². The highest BCUT2D eigenvalue weighted by Crippen LogP contribution is 2.36. The number of piperazine rings is 1. The van der Waals surface area contributed by atoms with E-state index < -0.39 is 29.8 Å². The molecule has 2 saturated heterocycles. The molecule has 16 nitrogen and oxygen atoms in total. The molecule has 4 atom stereocenters. The molecule has 2 unspecified atom stereocenters. The molecule has 0 aliphatic carbocycles. The number of nitrogen functional groups attached to an aromatic ring is 1. The fraction of sp³-hybridized carbons (Fsp3) is 0.429. The number of halogens is 3. The summed E-state index contributed by atoms with van der Waals surface area (Å²) in [5.41, 5.74) is 9.28. The van der Waals surface area contributed by atoms with Gasteiger partial charge in [0.1, 0.15) is 18.0 Å². The van der Waals surface area contributed by atoms with Crippen molar-refractivity contribution in [3.8, 4) is 5.75 Å². The van der Waals surface area contributed by atoms with Gasteiger partial charge in [0.15, 0.2) is 17.3 Å². The Labute approximate surface area is 404 Å². The van der Waals surface area contributed by atoms with Gasteiger partial charge in [-0.1, -0.05) is 61.4 Å². The van der Waals surface area contributed by atoms with Gasteiger partial charge in [-0.2, -0.15) is 0 Å². The van der Waals surface area contributed by atoms with Crippen LogP contribution in [0.25, 0.3) is 0 Å². The molecule has 360 valence electrons. The number of anilines is 3. The summed E-state index contributed by atoms with van der Waals surface area (Å²) in [5.74, 6) is -2.36. The number of amides is 6.